The first-order valence-electron chi connectivity index (χ1n) is 3.32. The summed E-state index contributed by atoms with van der Waals surface area (Å²) in [5.41, 5.74) is 1.15. The van der Waals surface area contributed by atoms with Crippen molar-refractivity contribution in [1.29, 1.82) is 0 Å². The standard InChI is InChI=1S/C8H8N2/c1-2-4-8-6-9-7-10(8)5-3-1/h2-7H,1H2. The van der Waals surface area contributed by atoms with E-state index in [-0.39, 0.29) is 0 Å². The van der Waals surface area contributed by atoms with Crippen LogP contribution in [0.2, 0.25) is 0 Å². The fourth-order valence-corrected chi connectivity index (χ4v) is 1.01. The van der Waals surface area contributed by atoms with Crippen molar-refractivity contribution >= 4 is 12.3 Å². The van der Waals surface area contributed by atoms with E-state index in [1.807, 2.05) is 23.3 Å². The summed E-state index contributed by atoms with van der Waals surface area (Å²) in [6, 6.07) is 0. The minimum atomic E-state index is 1.02. The van der Waals surface area contributed by atoms with Crippen LogP contribution in [-0.4, -0.2) is 9.55 Å². The van der Waals surface area contributed by atoms with Gasteiger partial charge in [0.25, 0.3) is 0 Å². The zero-order valence-corrected chi connectivity index (χ0v) is 5.57. The molecule has 0 radical (unpaired) electrons. The predicted octanol–water partition coefficient (Wildman–Crippen LogP) is 1.77. The van der Waals surface area contributed by atoms with Gasteiger partial charge in [-0.3, -0.25) is 0 Å². The fraction of sp³-hybridized carbons (Fsp3) is 0.125. The van der Waals surface area contributed by atoms with Gasteiger partial charge in [0.2, 0.25) is 0 Å². The quantitative estimate of drug-likeness (QED) is 0.526. The van der Waals surface area contributed by atoms with Crippen LogP contribution in [0.5, 0.6) is 0 Å². The Kier molecular flexibility index (Phi) is 1.17. The van der Waals surface area contributed by atoms with Crippen LogP contribution in [0.25, 0.3) is 12.3 Å². The summed E-state index contributed by atoms with van der Waals surface area (Å²) < 4.78 is 2.00. The summed E-state index contributed by atoms with van der Waals surface area (Å²) in [5.74, 6) is 0. The van der Waals surface area contributed by atoms with Gasteiger partial charge < -0.3 is 4.57 Å². The summed E-state index contributed by atoms with van der Waals surface area (Å²) in [6.07, 6.45) is 13.0. The average molecular weight is 132 g/mol. The van der Waals surface area contributed by atoms with Crippen LogP contribution in [0.3, 0.4) is 0 Å². The SMILES string of the molecule is C1=Cc2cncn2C=CC1. The number of hydrogen-bond acceptors (Lipinski definition) is 1. The van der Waals surface area contributed by atoms with Crippen molar-refractivity contribution in [2.45, 2.75) is 6.42 Å². The molecule has 2 heterocycles. The molecule has 50 valence electrons. The first-order chi connectivity index (χ1) is 4.97. The van der Waals surface area contributed by atoms with E-state index in [1.54, 1.807) is 0 Å². The van der Waals surface area contributed by atoms with Crippen molar-refractivity contribution in [1.82, 2.24) is 9.55 Å². The summed E-state index contributed by atoms with van der Waals surface area (Å²) in [5, 5.41) is 0. The largest absolute Gasteiger partial charge is 0.307 e. The van der Waals surface area contributed by atoms with Crippen LogP contribution in [0, 0.1) is 0 Å². The van der Waals surface area contributed by atoms with Gasteiger partial charge >= 0.3 is 0 Å². The minimum Gasteiger partial charge on any atom is -0.307 e. The highest BCUT2D eigenvalue weighted by molar-refractivity contribution is 5.50. The third-order valence-electron chi connectivity index (χ3n) is 1.52. The first-order valence-corrected chi connectivity index (χ1v) is 3.32. The number of aromatic nitrogens is 2. The molecular weight excluding hydrogens is 124 g/mol. The van der Waals surface area contributed by atoms with Gasteiger partial charge in [-0.05, 0) is 12.5 Å². The molecule has 0 unspecified atom stereocenters. The molecule has 0 aromatic carbocycles. The second-order valence-electron chi connectivity index (χ2n) is 2.25. The monoisotopic (exact) mass is 132 g/mol. The summed E-state index contributed by atoms with van der Waals surface area (Å²) in [7, 11) is 0. The van der Waals surface area contributed by atoms with E-state index in [0.29, 0.717) is 0 Å². The molecule has 0 spiro atoms. The average Bonchev–Trinajstić information content (AvgIpc) is 2.28. The lowest BCUT2D eigenvalue weighted by molar-refractivity contribution is 1.12. The van der Waals surface area contributed by atoms with E-state index in [0.717, 1.165) is 12.1 Å². The summed E-state index contributed by atoms with van der Waals surface area (Å²) in [6.45, 7) is 0. The Bertz CT molecular complexity index is 255. The molecule has 0 fully saturated rings. The molecule has 1 aromatic rings. The maximum absolute atomic E-state index is 4.01. The molecular formula is C8H8N2. The Morgan fingerprint density at radius 1 is 1.40 bits per heavy atom. The highest BCUT2D eigenvalue weighted by Gasteiger charge is 1.94. The summed E-state index contributed by atoms with van der Waals surface area (Å²) >= 11 is 0. The molecule has 0 bridgehead atoms. The van der Waals surface area contributed by atoms with E-state index in [2.05, 4.69) is 23.2 Å². The molecule has 2 rings (SSSR count). The molecule has 0 saturated carbocycles. The minimum absolute atomic E-state index is 1.02. The second kappa shape index (κ2) is 2.14. The molecule has 1 aliphatic heterocycles. The lowest BCUT2D eigenvalue weighted by Gasteiger charge is -1.91. The fourth-order valence-electron chi connectivity index (χ4n) is 1.01. The zero-order chi connectivity index (χ0) is 6.81. The number of fused-ring (bicyclic) bond motifs is 1. The van der Waals surface area contributed by atoms with Gasteiger partial charge in [-0.1, -0.05) is 12.2 Å². The topological polar surface area (TPSA) is 17.8 Å². The number of imidazole rings is 1. The van der Waals surface area contributed by atoms with Crippen molar-refractivity contribution in [2.75, 3.05) is 0 Å². The van der Waals surface area contributed by atoms with Gasteiger partial charge in [0.1, 0.15) is 0 Å². The maximum atomic E-state index is 4.01. The molecule has 10 heavy (non-hydrogen) atoms. The molecule has 2 nitrogen and oxygen atoms in total. The van der Waals surface area contributed by atoms with Crippen LogP contribution >= 0.6 is 0 Å². The number of hydrogen-bond donors (Lipinski definition) is 0. The van der Waals surface area contributed by atoms with E-state index >= 15 is 0 Å². The molecule has 0 saturated heterocycles. The predicted molar refractivity (Wildman–Crippen MR) is 41.2 cm³/mol. The van der Waals surface area contributed by atoms with E-state index in [9.17, 15) is 0 Å². The normalized spacial score (nSPS) is 14.8. The molecule has 0 aliphatic carbocycles. The van der Waals surface area contributed by atoms with Gasteiger partial charge in [0.05, 0.1) is 18.2 Å². The van der Waals surface area contributed by atoms with E-state index in [4.69, 9.17) is 0 Å². The molecule has 2 heteroatoms. The number of allylic oxidation sites excluding steroid dienone is 2. The van der Waals surface area contributed by atoms with E-state index in [1.165, 1.54) is 0 Å². The van der Waals surface area contributed by atoms with Crippen molar-refractivity contribution in [3.8, 4) is 0 Å². The Morgan fingerprint density at radius 2 is 2.40 bits per heavy atom. The number of nitrogens with zero attached hydrogens (tertiary/aromatic N) is 2. The van der Waals surface area contributed by atoms with Crippen LogP contribution in [0.1, 0.15) is 12.1 Å². The molecule has 0 atom stereocenters. The Morgan fingerprint density at radius 3 is 3.40 bits per heavy atom. The van der Waals surface area contributed by atoms with Crippen LogP contribution in [0.4, 0.5) is 0 Å². The molecule has 0 amide bonds. The van der Waals surface area contributed by atoms with Gasteiger partial charge in [0, 0.05) is 6.20 Å². The number of rotatable bonds is 0. The van der Waals surface area contributed by atoms with Gasteiger partial charge in [-0.15, -0.1) is 0 Å². The molecule has 1 aliphatic rings. The molecule has 0 N–H and O–H groups in total. The Balaban J connectivity index is 2.56. The van der Waals surface area contributed by atoms with Gasteiger partial charge in [0.15, 0.2) is 0 Å². The smallest absolute Gasteiger partial charge is 0.0991 e. The van der Waals surface area contributed by atoms with Crippen molar-refractivity contribution in [2.24, 2.45) is 0 Å². The third-order valence-corrected chi connectivity index (χ3v) is 1.52. The van der Waals surface area contributed by atoms with Gasteiger partial charge in [-0.2, -0.15) is 0 Å². The first kappa shape index (κ1) is 5.47. The maximum Gasteiger partial charge on any atom is 0.0991 e. The van der Waals surface area contributed by atoms with Crippen molar-refractivity contribution in [3.63, 3.8) is 0 Å². The highest BCUT2D eigenvalue weighted by atomic mass is 15.0. The van der Waals surface area contributed by atoms with Crippen LogP contribution in [0.15, 0.2) is 24.7 Å². The second-order valence-corrected chi connectivity index (χ2v) is 2.25. The van der Waals surface area contributed by atoms with E-state index < -0.39 is 0 Å². The summed E-state index contributed by atoms with van der Waals surface area (Å²) in [4.78, 5) is 4.01. The van der Waals surface area contributed by atoms with Crippen LogP contribution in [-0.2, 0) is 0 Å². The lowest BCUT2D eigenvalue weighted by atomic mass is 10.3. The van der Waals surface area contributed by atoms with Crippen LogP contribution < -0.4 is 0 Å². The lowest BCUT2D eigenvalue weighted by Crippen LogP contribution is -1.83. The third kappa shape index (κ3) is 0.778. The van der Waals surface area contributed by atoms with Crippen molar-refractivity contribution in [3.05, 3.63) is 30.4 Å². The zero-order valence-electron chi connectivity index (χ0n) is 5.57. The van der Waals surface area contributed by atoms with Crippen molar-refractivity contribution < 1.29 is 0 Å². The Hall–Kier alpha value is -1.31. The molecule has 1 aromatic heterocycles. The Labute approximate surface area is 59.5 Å². The highest BCUT2D eigenvalue weighted by Crippen LogP contribution is 2.07. The van der Waals surface area contributed by atoms with Gasteiger partial charge in [-0.25, -0.2) is 4.98 Å².